The van der Waals surface area contributed by atoms with E-state index in [1.807, 2.05) is 6.07 Å². The summed E-state index contributed by atoms with van der Waals surface area (Å²) >= 11 is 0. The van der Waals surface area contributed by atoms with Crippen LogP contribution in [0.3, 0.4) is 0 Å². The molecular weight excluding hydrogens is 253 g/mol. The fraction of sp³-hybridized carbons (Fsp3) is 0.200. The van der Waals surface area contributed by atoms with Crippen molar-refractivity contribution in [2.75, 3.05) is 0 Å². The summed E-state index contributed by atoms with van der Waals surface area (Å²) in [6.07, 6.45) is -6.13. The molecule has 0 aliphatic rings. The zero-order valence-electron chi connectivity index (χ0n) is 10.1. The van der Waals surface area contributed by atoms with E-state index >= 15 is 0 Å². The summed E-state index contributed by atoms with van der Waals surface area (Å²) in [4.78, 5) is 0. The van der Waals surface area contributed by atoms with E-state index in [4.69, 9.17) is 0 Å². The van der Waals surface area contributed by atoms with Gasteiger partial charge in [-0.05, 0) is 16.7 Å². The molecule has 0 aliphatic carbocycles. The fourth-order valence-electron chi connectivity index (χ4n) is 1.93. The molecule has 2 aromatic carbocycles. The van der Waals surface area contributed by atoms with Crippen LogP contribution in [0.15, 0.2) is 54.6 Å². The minimum atomic E-state index is -4.24. The Morgan fingerprint density at radius 1 is 0.895 bits per heavy atom. The second-order valence-corrected chi connectivity index (χ2v) is 4.35. The van der Waals surface area contributed by atoms with E-state index in [0.717, 1.165) is 0 Å². The third-order valence-corrected chi connectivity index (χ3v) is 2.79. The van der Waals surface area contributed by atoms with Crippen LogP contribution in [0.4, 0.5) is 13.2 Å². The fourth-order valence-corrected chi connectivity index (χ4v) is 1.93. The van der Waals surface area contributed by atoms with E-state index in [0.29, 0.717) is 11.1 Å². The van der Waals surface area contributed by atoms with Gasteiger partial charge in [-0.15, -0.1) is 0 Å². The van der Waals surface area contributed by atoms with Crippen LogP contribution in [-0.2, 0) is 6.42 Å². The zero-order valence-corrected chi connectivity index (χ0v) is 10.1. The molecule has 2 rings (SSSR count). The lowest BCUT2D eigenvalue weighted by atomic mass is 9.99. The molecule has 1 atom stereocenters. The van der Waals surface area contributed by atoms with Crippen LogP contribution in [0.5, 0.6) is 0 Å². The van der Waals surface area contributed by atoms with E-state index in [-0.39, 0.29) is 5.56 Å². The maximum Gasteiger partial charge on any atom is 0.393 e. The van der Waals surface area contributed by atoms with Crippen molar-refractivity contribution in [3.8, 4) is 0 Å². The van der Waals surface area contributed by atoms with E-state index in [1.54, 1.807) is 30.3 Å². The molecule has 1 N–H and O–H groups in total. The van der Waals surface area contributed by atoms with Gasteiger partial charge in [0.05, 0.1) is 6.42 Å². The van der Waals surface area contributed by atoms with E-state index in [2.05, 4.69) is 0 Å². The van der Waals surface area contributed by atoms with Crippen molar-refractivity contribution in [3.05, 3.63) is 71.3 Å². The van der Waals surface area contributed by atoms with Crippen LogP contribution in [0.2, 0.25) is 0 Å². The molecule has 19 heavy (non-hydrogen) atoms. The highest BCUT2D eigenvalue weighted by atomic mass is 19.4. The summed E-state index contributed by atoms with van der Waals surface area (Å²) in [5, 5.41) is 10.1. The average Bonchev–Trinajstić information content (AvgIpc) is 2.37. The molecule has 100 valence electrons. The maximum absolute atomic E-state index is 12.3. The monoisotopic (exact) mass is 266 g/mol. The van der Waals surface area contributed by atoms with Crippen molar-refractivity contribution >= 4 is 0 Å². The van der Waals surface area contributed by atoms with Gasteiger partial charge in [0.25, 0.3) is 0 Å². The smallest absolute Gasteiger partial charge is 0.384 e. The Kier molecular flexibility index (Phi) is 3.90. The minimum absolute atomic E-state index is 0.153. The summed E-state index contributed by atoms with van der Waals surface area (Å²) in [6.45, 7) is 0. The standard InChI is InChI=1S/C15H13F3O/c16-15(17,18)10-11-5-4-8-13(9-11)14(19)12-6-2-1-3-7-12/h1-9,14,19H,10H2. The highest BCUT2D eigenvalue weighted by molar-refractivity contribution is 5.32. The molecule has 0 spiro atoms. The highest BCUT2D eigenvalue weighted by Gasteiger charge is 2.27. The first kappa shape index (κ1) is 13.6. The van der Waals surface area contributed by atoms with Gasteiger partial charge in [0.15, 0.2) is 0 Å². The lowest BCUT2D eigenvalue weighted by Gasteiger charge is -2.13. The third kappa shape index (κ3) is 3.83. The lowest BCUT2D eigenvalue weighted by molar-refractivity contribution is -0.127. The summed E-state index contributed by atoms with van der Waals surface area (Å²) in [5.74, 6) is 0. The van der Waals surface area contributed by atoms with Gasteiger partial charge < -0.3 is 5.11 Å². The van der Waals surface area contributed by atoms with Gasteiger partial charge in [-0.1, -0.05) is 54.6 Å². The Hall–Kier alpha value is -1.81. The molecule has 0 radical (unpaired) electrons. The van der Waals surface area contributed by atoms with Crippen LogP contribution in [0.1, 0.15) is 22.8 Å². The van der Waals surface area contributed by atoms with Gasteiger partial charge >= 0.3 is 6.18 Å². The summed E-state index contributed by atoms with van der Waals surface area (Å²) in [5.41, 5.74) is 1.28. The van der Waals surface area contributed by atoms with Crippen molar-refractivity contribution in [1.82, 2.24) is 0 Å². The van der Waals surface area contributed by atoms with Crippen LogP contribution >= 0.6 is 0 Å². The quantitative estimate of drug-likeness (QED) is 0.894. The van der Waals surface area contributed by atoms with Crippen LogP contribution in [0, 0.1) is 0 Å². The molecule has 0 saturated carbocycles. The molecular formula is C15H13F3O. The third-order valence-electron chi connectivity index (χ3n) is 2.79. The first-order chi connectivity index (χ1) is 8.96. The molecule has 0 aliphatic heterocycles. The summed E-state index contributed by atoms with van der Waals surface area (Å²) in [7, 11) is 0. The number of benzene rings is 2. The zero-order chi connectivity index (χ0) is 13.9. The highest BCUT2D eigenvalue weighted by Crippen LogP contribution is 2.26. The molecule has 4 heteroatoms. The first-order valence-corrected chi connectivity index (χ1v) is 5.84. The van der Waals surface area contributed by atoms with Crippen LogP contribution < -0.4 is 0 Å². The second kappa shape index (κ2) is 5.45. The predicted octanol–water partition coefficient (Wildman–Crippen LogP) is 3.87. The SMILES string of the molecule is OC(c1ccccc1)c1cccc(CC(F)(F)F)c1. The van der Waals surface area contributed by atoms with Gasteiger partial charge in [0, 0.05) is 0 Å². The maximum atomic E-state index is 12.3. The molecule has 0 amide bonds. The first-order valence-electron chi connectivity index (χ1n) is 5.84. The van der Waals surface area contributed by atoms with Crippen molar-refractivity contribution in [1.29, 1.82) is 0 Å². The summed E-state index contributed by atoms with van der Waals surface area (Å²) in [6, 6.07) is 14.8. The van der Waals surface area contributed by atoms with Crippen LogP contribution in [0.25, 0.3) is 0 Å². The second-order valence-electron chi connectivity index (χ2n) is 4.35. The number of halogens is 3. The van der Waals surface area contributed by atoms with Gasteiger partial charge in [-0.25, -0.2) is 0 Å². The largest absolute Gasteiger partial charge is 0.393 e. The molecule has 0 heterocycles. The number of alkyl halides is 3. The van der Waals surface area contributed by atoms with Gasteiger partial charge in [0.2, 0.25) is 0 Å². The Morgan fingerprint density at radius 2 is 1.53 bits per heavy atom. The minimum Gasteiger partial charge on any atom is -0.384 e. The molecule has 0 fully saturated rings. The normalized spacial score (nSPS) is 13.3. The Balaban J connectivity index is 2.24. The van der Waals surface area contributed by atoms with Gasteiger partial charge in [-0.3, -0.25) is 0 Å². The topological polar surface area (TPSA) is 20.2 Å². The lowest BCUT2D eigenvalue weighted by Crippen LogP contribution is -2.12. The van der Waals surface area contributed by atoms with Crippen molar-refractivity contribution < 1.29 is 18.3 Å². The van der Waals surface area contributed by atoms with Crippen molar-refractivity contribution in [2.45, 2.75) is 18.7 Å². The van der Waals surface area contributed by atoms with E-state index in [1.165, 1.54) is 18.2 Å². The Labute approximate surface area is 109 Å². The number of hydrogen-bond donors (Lipinski definition) is 1. The molecule has 0 aromatic heterocycles. The average molecular weight is 266 g/mol. The Bertz CT molecular complexity index is 535. The molecule has 1 nitrogen and oxygen atoms in total. The van der Waals surface area contributed by atoms with Crippen molar-refractivity contribution in [2.24, 2.45) is 0 Å². The number of rotatable bonds is 3. The van der Waals surface area contributed by atoms with Gasteiger partial charge in [-0.2, -0.15) is 13.2 Å². The van der Waals surface area contributed by atoms with Crippen molar-refractivity contribution in [3.63, 3.8) is 0 Å². The molecule has 2 aromatic rings. The molecule has 0 saturated heterocycles. The van der Waals surface area contributed by atoms with Gasteiger partial charge in [0.1, 0.15) is 6.10 Å². The van der Waals surface area contributed by atoms with E-state index < -0.39 is 18.7 Å². The molecule has 1 unspecified atom stereocenters. The summed E-state index contributed by atoms with van der Waals surface area (Å²) < 4.78 is 37.0. The molecule has 0 bridgehead atoms. The van der Waals surface area contributed by atoms with Crippen LogP contribution in [-0.4, -0.2) is 11.3 Å². The number of aliphatic hydroxyl groups excluding tert-OH is 1. The van der Waals surface area contributed by atoms with E-state index in [9.17, 15) is 18.3 Å². The number of aliphatic hydroxyl groups is 1. The number of hydrogen-bond acceptors (Lipinski definition) is 1. The Morgan fingerprint density at radius 3 is 2.16 bits per heavy atom. The predicted molar refractivity (Wildman–Crippen MR) is 66.7 cm³/mol.